The molecular weight excluding hydrogens is 252 g/mol. The monoisotopic (exact) mass is 261 g/mol. The molecule has 2 rings (SSSR count). The standard InChI is InChI=1S/C12H10BrSi/c13-14(11-7-3-1-4-8-11)12-9-5-2-6-10-12/h1-10H. The van der Waals surface area contributed by atoms with E-state index in [1.165, 1.54) is 10.4 Å². The number of rotatable bonds is 2. The third kappa shape index (κ3) is 2.14. The number of hydrogen-bond acceptors (Lipinski definition) is 0. The van der Waals surface area contributed by atoms with Gasteiger partial charge in [0.05, 0.1) is 0 Å². The average molecular weight is 262 g/mol. The summed E-state index contributed by atoms with van der Waals surface area (Å²) in [5.74, 6) is 0. The lowest BCUT2D eigenvalue weighted by Crippen LogP contribution is -2.36. The molecule has 0 atom stereocenters. The summed E-state index contributed by atoms with van der Waals surface area (Å²) in [6.07, 6.45) is 0. The predicted molar refractivity (Wildman–Crippen MR) is 66.8 cm³/mol. The lowest BCUT2D eigenvalue weighted by molar-refractivity contribution is 1.74. The number of hydrogen-bond donors (Lipinski definition) is 0. The summed E-state index contributed by atoms with van der Waals surface area (Å²) in [5, 5.41) is 2.78. The van der Waals surface area contributed by atoms with Gasteiger partial charge >= 0.3 is 0 Å². The van der Waals surface area contributed by atoms with Crippen molar-refractivity contribution in [1.29, 1.82) is 0 Å². The van der Waals surface area contributed by atoms with Gasteiger partial charge in [-0.25, -0.2) is 0 Å². The molecule has 0 saturated carbocycles. The van der Waals surface area contributed by atoms with E-state index in [1.807, 2.05) is 0 Å². The Kier molecular flexibility index (Phi) is 3.17. The first-order valence-corrected chi connectivity index (χ1v) is 8.27. The predicted octanol–water partition coefficient (Wildman–Crippen LogP) is 2.19. The molecule has 0 saturated heterocycles. The van der Waals surface area contributed by atoms with Crippen molar-refractivity contribution < 1.29 is 0 Å². The molecule has 0 spiro atoms. The van der Waals surface area contributed by atoms with Crippen LogP contribution in [0.3, 0.4) is 0 Å². The average Bonchev–Trinajstić information content (AvgIpc) is 2.30. The minimum atomic E-state index is -0.732. The third-order valence-corrected chi connectivity index (χ3v) is 6.48. The molecule has 2 heteroatoms. The van der Waals surface area contributed by atoms with E-state index in [-0.39, 0.29) is 0 Å². The van der Waals surface area contributed by atoms with Gasteiger partial charge in [0.2, 0.25) is 7.42 Å². The summed E-state index contributed by atoms with van der Waals surface area (Å²) in [6, 6.07) is 21.2. The molecule has 69 valence electrons. The molecule has 2 aromatic rings. The third-order valence-electron chi connectivity index (χ3n) is 2.05. The van der Waals surface area contributed by atoms with Crippen LogP contribution in [0.25, 0.3) is 0 Å². The van der Waals surface area contributed by atoms with Crippen molar-refractivity contribution in [3.8, 4) is 0 Å². The van der Waals surface area contributed by atoms with E-state index < -0.39 is 7.42 Å². The van der Waals surface area contributed by atoms with Gasteiger partial charge in [0.1, 0.15) is 0 Å². The maximum Gasteiger partial charge on any atom is 0.203 e. The second-order valence-electron chi connectivity index (χ2n) is 3.05. The van der Waals surface area contributed by atoms with Gasteiger partial charge in [-0.2, -0.15) is 0 Å². The highest BCUT2D eigenvalue weighted by Gasteiger charge is 2.11. The van der Waals surface area contributed by atoms with Crippen LogP contribution in [-0.4, -0.2) is 7.42 Å². The summed E-state index contributed by atoms with van der Waals surface area (Å²) >= 11 is 3.80. The van der Waals surface area contributed by atoms with Crippen LogP contribution < -0.4 is 10.4 Å². The fraction of sp³-hybridized carbons (Fsp3) is 0. The fourth-order valence-corrected chi connectivity index (χ4v) is 4.23. The quantitative estimate of drug-likeness (QED) is 0.575. The summed E-state index contributed by atoms with van der Waals surface area (Å²) in [6.45, 7) is 0. The van der Waals surface area contributed by atoms with Crippen molar-refractivity contribution in [1.82, 2.24) is 0 Å². The molecule has 0 aliphatic carbocycles. The van der Waals surface area contributed by atoms with Gasteiger partial charge in [-0.3, -0.25) is 0 Å². The Morgan fingerprint density at radius 2 is 1.00 bits per heavy atom. The minimum absolute atomic E-state index is 0.732. The van der Waals surface area contributed by atoms with E-state index in [2.05, 4.69) is 76.0 Å². The van der Waals surface area contributed by atoms with Gasteiger partial charge in [-0.05, 0) is 10.4 Å². The molecule has 14 heavy (non-hydrogen) atoms. The van der Waals surface area contributed by atoms with Crippen LogP contribution in [0.4, 0.5) is 0 Å². The molecule has 0 fully saturated rings. The zero-order valence-electron chi connectivity index (χ0n) is 7.65. The SMILES string of the molecule is Br[Si](c1ccccc1)c1ccccc1. The Balaban J connectivity index is 2.30. The molecule has 0 amide bonds. The topological polar surface area (TPSA) is 0 Å². The zero-order valence-corrected chi connectivity index (χ0v) is 10.2. The molecule has 0 N–H and O–H groups in total. The molecule has 0 unspecified atom stereocenters. The van der Waals surface area contributed by atoms with Crippen LogP contribution in [0, 0.1) is 0 Å². The van der Waals surface area contributed by atoms with Crippen molar-refractivity contribution in [3.63, 3.8) is 0 Å². The Bertz CT molecular complexity index is 346. The van der Waals surface area contributed by atoms with Crippen LogP contribution in [0.1, 0.15) is 0 Å². The van der Waals surface area contributed by atoms with Gasteiger partial charge in [0.15, 0.2) is 0 Å². The highest BCUT2D eigenvalue weighted by molar-refractivity contribution is 9.25. The summed E-state index contributed by atoms with van der Waals surface area (Å²) in [4.78, 5) is 0. The molecule has 0 bridgehead atoms. The first-order valence-electron chi connectivity index (χ1n) is 4.51. The molecule has 2 aromatic carbocycles. The van der Waals surface area contributed by atoms with Crippen molar-refractivity contribution in [2.45, 2.75) is 0 Å². The smallest absolute Gasteiger partial charge is 0.116 e. The molecule has 0 aromatic heterocycles. The number of benzene rings is 2. The normalized spacial score (nSPS) is 10.4. The van der Waals surface area contributed by atoms with Crippen LogP contribution in [0.15, 0.2) is 60.7 Å². The molecular formula is C12H10BrSi. The zero-order chi connectivity index (χ0) is 9.80. The van der Waals surface area contributed by atoms with Gasteiger partial charge in [0.25, 0.3) is 0 Å². The van der Waals surface area contributed by atoms with Gasteiger partial charge in [0, 0.05) is 0 Å². The molecule has 0 nitrogen and oxygen atoms in total. The van der Waals surface area contributed by atoms with Crippen molar-refractivity contribution in [3.05, 3.63) is 60.7 Å². The van der Waals surface area contributed by atoms with Gasteiger partial charge in [-0.1, -0.05) is 60.7 Å². The largest absolute Gasteiger partial charge is 0.203 e. The lowest BCUT2D eigenvalue weighted by Gasteiger charge is -2.07. The second-order valence-corrected chi connectivity index (χ2v) is 7.21. The second kappa shape index (κ2) is 4.58. The first-order chi connectivity index (χ1) is 6.88. The van der Waals surface area contributed by atoms with Crippen LogP contribution in [0.2, 0.25) is 0 Å². The van der Waals surface area contributed by atoms with Crippen molar-refractivity contribution in [2.24, 2.45) is 0 Å². The lowest BCUT2D eigenvalue weighted by atomic mass is 10.4. The highest BCUT2D eigenvalue weighted by Crippen LogP contribution is 1.97. The Hall–Kier alpha value is -0.863. The Labute approximate surface area is 93.8 Å². The van der Waals surface area contributed by atoms with Crippen molar-refractivity contribution >= 4 is 33.1 Å². The van der Waals surface area contributed by atoms with E-state index in [0.29, 0.717) is 0 Å². The summed E-state index contributed by atoms with van der Waals surface area (Å²) in [7, 11) is -0.732. The Morgan fingerprint density at radius 3 is 1.36 bits per heavy atom. The van der Waals surface area contributed by atoms with Crippen LogP contribution >= 0.6 is 15.3 Å². The van der Waals surface area contributed by atoms with Gasteiger partial charge in [-0.15, -0.1) is 15.3 Å². The number of halogens is 1. The summed E-state index contributed by atoms with van der Waals surface area (Å²) < 4.78 is 0. The van der Waals surface area contributed by atoms with Crippen molar-refractivity contribution in [2.75, 3.05) is 0 Å². The minimum Gasteiger partial charge on any atom is -0.116 e. The molecule has 0 heterocycles. The van der Waals surface area contributed by atoms with E-state index in [4.69, 9.17) is 0 Å². The fourth-order valence-electron chi connectivity index (χ4n) is 1.34. The molecule has 0 aliphatic rings. The van der Waals surface area contributed by atoms with Crippen LogP contribution in [0.5, 0.6) is 0 Å². The first kappa shape index (κ1) is 9.68. The van der Waals surface area contributed by atoms with Crippen LogP contribution in [-0.2, 0) is 0 Å². The Morgan fingerprint density at radius 1 is 0.643 bits per heavy atom. The van der Waals surface area contributed by atoms with Gasteiger partial charge < -0.3 is 0 Å². The highest BCUT2D eigenvalue weighted by atomic mass is 79.9. The maximum absolute atomic E-state index is 3.80. The molecule has 0 aliphatic heterocycles. The summed E-state index contributed by atoms with van der Waals surface area (Å²) in [5.41, 5.74) is 0. The van der Waals surface area contributed by atoms with E-state index in [9.17, 15) is 0 Å². The van der Waals surface area contributed by atoms with E-state index in [0.717, 1.165) is 0 Å². The van der Waals surface area contributed by atoms with E-state index >= 15 is 0 Å². The molecule has 1 radical (unpaired) electrons. The maximum atomic E-state index is 3.80. The van der Waals surface area contributed by atoms with E-state index in [1.54, 1.807) is 0 Å².